The van der Waals surface area contributed by atoms with Crippen molar-refractivity contribution >= 4 is 11.6 Å². The van der Waals surface area contributed by atoms with Gasteiger partial charge in [0.05, 0.1) is 5.56 Å². The van der Waals surface area contributed by atoms with E-state index in [2.05, 4.69) is 34.4 Å². The third-order valence-electron chi connectivity index (χ3n) is 5.83. The standard InChI is InChI=1S/C26H30N4O/c1-2-3-8-19-9-7-10-21(17-19)30-26-24(25(27)28-18-29-26)20-13-15-23(16-14-20)31-22-11-5-4-6-12-22/h2-6,11-16,18-19,21H,7-10,17H2,1H3,(H3,27,28,29,30)/t19-,21+/m1/s1. The predicted octanol–water partition coefficient (Wildman–Crippen LogP) is 6.46. The summed E-state index contributed by atoms with van der Waals surface area (Å²) in [5.74, 6) is 3.60. The summed E-state index contributed by atoms with van der Waals surface area (Å²) in [5.41, 5.74) is 8.11. The summed E-state index contributed by atoms with van der Waals surface area (Å²) in [6.07, 6.45) is 11.9. The number of benzene rings is 2. The maximum absolute atomic E-state index is 6.28. The third kappa shape index (κ3) is 5.43. The van der Waals surface area contributed by atoms with E-state index in [1.54, 1.807) is 0 Å². The summed E-state index contributed by atoms with van der Waals surface area (Å²) < 4.78 is 5.91. The fraction of sp³-hybridized carbons (Fsp3) is 0.308. The van der Waals surface area contributed by atoms with Gasteiger partial charge in [0.2, 0.25) is 0 Å². The van der Waals surface area contributed by atoms with Crippen molar-refractivity contribution in [2.45, 2.75) is 45.1 Å². The minimum Gasteiger partial charge on any atom is -0.457 e. The first-order chi connectivity index (χ1) is 15.2. The average Bonchev–Trinajstić information content (AvgIpc) is 2.80. The zero-order valence-corrected chi connectivity index (χ0v) is 18.0. The minimum atomic E-state index is 0.401. The summed E-state index contributed by atoms with van der Waals surface area (Å²) >= 11 is 0. The number of ether oxygens (including phenoxy) is 1. The summed E-state index contributed by atoms with van der Waals surface area (Å²) in [6, 6.07) is 18.1. The Bertz CT molecular complexity index is 1000. The molecule has 2 aromatic carbocycles. The van der Waals surface area contributed by atoms with Gasteiger partial charge in [0.15, 0.2) is 0 Å². The number of para-hydroxylation sites is 1. The molecule has 0 amide bonds. The molecule has 1 saturated carbocycles. The van der Waals surface area contributed by atoms with Crippen molar-refractivity contribution in [2.24, 2.45) is 5.92 Å². The van der Waals surface area contributed by atoms with E-state index in [1.807, 2.05) is 54.6 Å². The third-order valence-corrected chi connectivity index (χ3v) is 5.83. The van der Waals surface area contributed by atoms with Crippen LogP contribution in [0.1, 0.15) is 39.0 Å². The quantitative estimate of drug-likeness (QED) is 0.434. The Balaban J connectivity index is 1.51. The zero-order chi connectivity index (χ0) is 21.5. The molecule has 0 bridgehead atoms. The molecule has 0 unspecified atom stereocenters. The molecule has 1 heterocycles. The number of aromatic nitrogens is 2. The number of hydrogen-bond acceptors (Lipinski definition) is 5. The number of nitrogen functional groups attached to an aromatic ring is 1. The Morgan fingerprint density at radius 3 is 2.58 bits per heavy atom. The van der Waals surface area contributed by atoms with Crippen molar-refractivity contribution in [3.05, 3.63) is 73.1 Å². The van der Waals surface area contributed by atoms with Crippen LogP contribution in [0.5, 0.6) is 11.5 Å². The first-order valence-corrected chi connectivity index (χ1v) is 11.0. The molecule has 0 spiro atoms. The van der Waals surface area contributed by atoms with Crippen LogP contribution in [0.25, 0.3) is 11.1 Å². The summed E-state index contributed by atoms with van der Waals surface area (Å²) in [4.78, 5) is 8.78. The van der Waals surface area contributed by atoms with Gasteiger partial charge in [-0.1, -0.05) is 48.9 Å². The van der Waals surface area contributed by atoms with Crippen LogP contribution < -0.4 is 15.8 Å². The van der Waals surface area contributed by atoms with E-state index in [-0.39, 0.29) is 0 Å². The highest BCUT2D eigenvalue weighted by atomic mass is 16.5. The Morgan fingerprint density at radius 2 is 1.81 bits per heavy atom. The van der Waals surface area contributed by atoms with E-state index in [1.165, 1.54) is 19.2 Å². The highest BCUT2D eigenvalue weighted by Gasteiger charge is 2.23. The SMILES string of the molecule is CC=CC[C@@H]1CCC[C@H](Nc2ncnc(N)c2-c2ccc(Oc3ccccc3)cc2)C1. The Labute approximate surface area is 184 Å². The molecule has 0 radical (unpaired) electrons. The lowest BCUT2D eigenvalue weighted by atomic mass is 9.83. The van der Waals surface area contributed by atoms with Gasteiger partial charge in [0.25, 0.3) is 0 Å². The van der Waals surface area contributed by atoms with E-state index in [9.17, 15) is 0 Å². The largest absolute Gasteiger partial charge is 0.457 e. The minimum absolute atomic E-state index is 0.401. The topological polar surface area (TPSA) is 73.1 Å². The molecule has 31 heavy (non-hydrogen) atoms. The van der Waals surface area contributed by atoms with Crippen LogP contribution in [0.15, 0.2) is 73.1 Å². The van der Waals surface area contributed by atoms with Gasteiger partial charge in [-0.25, -0.2) is 9.97 Å². The number of rotatable bonds is 7. The molecule has 1 aromatic heterocycles. The monoisotopic (exact) mass is 414 g/mol. The van der Waals surface area contributed by atoms with Gasteiger partial charge in [0, 0.05) is 6.04 Å². The first-order valence-electron chi connectivity index (χ1n) is 11.0. The molecular formula is C26H30N4O. The van der Waals surface area contributed by atoms with E-state index in [0.29, 0.717) is 11.9 Å². The van der Waals surface area contributed by atoms with Crippen LogP contribution in [-0.2, 0) is 0 Å². The molecule has 4 rings (SSSR count). The van der Waals surface area contributed by atoms with Crippen molar-refractivity contribution in [1.29, 1.82) is 0 Å². The molecule has 160 valence electrons. The normalized spacial score (nSPS) is 18.7. The molecule has 0 saturated heterocycles. The van der Waals surface area contributed by atoms with Crippen molar-refractivity contribution in [3.63, 3.8) is 0 Å². The van der Waals surface area contributed by atoms with Gasteiger partial charge >= 0.3 is 0 Å². The number of nitrogens with one attached hydrogen (secondary N) is 1. The maximum Gasteiger partial charge on any atom is 0.139 e. The number of nitrogens with two attached hydrogens (primary N) is 1. The van der Waals surface area contributed by atoms with Crippen LogP contribution in [0.4, 0.5) is 11.6 Å². The fourth-order valence-electron chi connectivity index (χ4n) is 4.27. The molecule has 0 aliphatic heterocycles. The highest BCUT2D eigenvalue weighted by Crippen LogP contribution is 2.35. The average molecular weight is 415 g/mol. The predicted molar refractivity (Wildman–Crippen MR) is 127 cm³/mol. The second-order valence-electron chi connectivity index (χ2n) is 8.10. The van der Waals surface area contributed by atoms with Gasteiger partial charge in [0.1, 0.15) is 29.5 Å². The van der Waals surface area contributed by atoms with E-state index >= 15 is 0 Å². The van der Waals surface area contributed by atoms with Gasteiger partial charge in [-0.05, 0) is 68.4 Å². The van der Waals surface area contributed by atoms with Gasteiger partial charge in [-0.15, -0.1) is 0 Å². The van der Waals surface area contributed by atoms with E-state index in [0.717, 1.165) is 53.6 Å². The molecular weight excluding hydrogens is 384 g/mol. The van der Waals surface area contributed by atoms with Crippen LogP contribution in [0.3, 0.4) is 0 Å². The van der Waals surface area contributed by atoms with Gasteiger partial charge < -0.3 is 15.8 Å². The Morgan fingerprint density at radius 1 is 1.03 bits per heavy atom. The van der Waals surface area contributed by atoms with Crippen molar-refractivity contribution in [1.82, 2.24) is 9.97 Å². The lowest BCUT2D eigenvalue weighted by Gasteiger charge is -2.30. The van der Waals surface area contributed by atoms with Crippen LogP contribution in [0, 0.1) is 5.92 Å². The second-order valence-corrected chi connectivity index (χ2v) is 8.10. The van der Waals surface area contributed by atoms with Crippen LogP contribution in [-0.4, -0.2) is 16.0 Å². The lowest BCUT2D eigenvalue weighted by molar-refractivity contribution is 0.337. The number of nitrogens with zero attached hydrogens (tertiary/aromatic N) is 2. The van der Waals surface area contributed by atoms with Crippen LogP contribution >= 0.6 is 0 Å². The summed E-state index contributed by atoms with van der Waals surface area (Å²) in [7, 11) is 0. The van der Waals surface area contributed by atoms with Crippen molar-refractivity contribution < 1.29 is 4.74 Å². The smallest absolute Gasteiger partial charge is 0.139 e. The first kappa shape index (κ1) is 20.9. The van der Waals surface area contributed by atoms with Gasteiger partial charge in [-0.3, -0.25) is 0 Å². The molecule has 1 aliphatic rings. The van der Waals surface area contributed by atoms with Crippen molar-refractivity contribution in [2.75, 3.05) is 11.1 Å². The number of anilines is 2. The highest BCUT2D eigenvalue weighted by molar-refractivity contribution is 5.83. The summed E-state index contributed by atoms with van der Waals surface area (Å²) in [6.45, 7) is 2.09. The summed E-state index contributed by atoms with van der Waals surface area (Å²) in [5, 5.41) is 3.66. The Kier molecular flexibility index (Phi) is 6.82. The molecule has 3 N–H and O–H groups in total. The fourth-order valence-corrected chi connectivity index (χ4v) is 4.27. The second kappa shape index (κ2) is 10.1. The van der Waals surface area contributed by atoms with E-state index in [4.69, 9.17) is 10.5 Å². The molecule has 1 aliphatic carbocycles. The molecule has 1 fully saturated rings. The zero-order valence-electron chi connectivity index (χ0n) is 18.0. The lowest BCUT2D eigenvalue weighted by Crippen LogP contribution is -2.28. The number of hydrogen-bond donors (Lipinski definition) is 2. The molecule has 5 heteroatoms. The molecule has 3 aromatic rings. The maximum atomic E-state index is 6.28. The Hall–Kier alpha value is -3.34. The molecule has 5 nitrogen and oxygen atoms in total. The molecule has 2 atom stereocenters. The van der Waals surface area contributed by atoms with Crippen LogP contribution in [0.2, 0.25) is 0 Å². The van der Waals surface area contributed by atoms with Crippen molar-refractivity contribution in [3.8, 4) is 22.6 Å². The van der Waals surface area contributed by atoms with E-state index < -0.39 is 0 Å². The number of allylic oxidation sites excluding steroid dienone is 2. The van der Waals surface area contributed by atoms with Gasteiger partial charge in [-0.2, -0.15) is 0 Å².